The van der Waals surface area contributed by atoms with Gasteiger partial charge in [0.25, 0.3) is 5.88 Å². The van der Waals surface area contributed by atoms with Crippen molar-refractivity contribution in [2.24, 2.45) is 0 Å². The Labute approximate surface area is 98.7 Å². The number of nitrogens with zero attached hydrogens (tertiary/aromatic N) is 2. The zero-order valence-electron chi connectivity index (χ0n) is 7.08. The second-order valence-corrected chi connectivity index (χ2v) is 3.83. The maximum atomic E-state index is 12.8. The number of hydrogen-bond acceptors (Lipinski definition) is 4. The first-order chi connectivity index (χ1) is 7.16. The predicted octanol–water partition coefficient (Wildman–Crippen LogP) is 3.78. The van der Waals surface area contributed by atoms with Crippen LogP contribution in [0.5, 0.6) is 11.6 Å². The maximum Gasteiger partial charge on any atom is 0.270 e. The van der Waals surface area contributed by atoms with E-state index in [1.54, 1.807) is 0 Å². The molecule has 0 atom stereocenters. The van der Waals surface area contributed by atoms with Crippen LogP contribution in [0, 0.1) is 5.82 Å². The van der Waals surface area contributed by atoms with Gasteiger partial charge in [-0.2, -0.15) is 4.37 Å². The third kappa shape index (κ3) is 2.37. The second-order valence-electron chi connectivity index (χ2n) is 2.54. The Morgan fingerprint density at radius 2 is 2.07 bits per heavy atom. The minimum absolute atomic E-state index is 0.0215. The first-order valence-corrected chi connectivity index (χ1v) is 5.26. The van der Waals surface area contributed by atoms with Gasteiger partial charge in [0, 0.05) is 6.07 Å². The molecule has 15 heavy (non-hydrogen) atoms. The molecule has 0 unspecified atom stereocenters. The van der Waals surface area contributed by atoms with Crippen LogP contribution < -0.4 is 4.74 Å². The summed E-state index contributed by atoms with van der Waals surface area (Å²) in [5.74, 6) is 0.0341. The van der Waals surface area contributed by atoms with E-state index in [0.717, 1.165) is 11.7 Å². The van der Waals surface area contributed by atoms with Crippen LogP contribution in [0.4, 0.5) is 4.39 Å². The third-order valence-corrected chi connectivity index (χ3v) is 2.67. The molecule has 0 saturated carbocycles. The van der Waals surface area contributed by atoms with Crippen molar-refractivity contribution in [2.45, 2.75) is 0 Å². The van der Waals surface area contributed by atoms with Gasteiger partial charge in [-0.1, -0.05) is 23.2 Å². The highest BCUT2D eigenvalue weighted by Gasteiger charge is 2.09. The van der Waals surface area contributed by atoms with Crippen molar-refractivity contribution < 1.29 is 9.13 Å². The minimum Gasteiger partial charge on any atom is -0.436 e. The Kier molecular flexibility index (Phi) is 3.04. The highest BCUT2D eigenvalue weighted by molar-refractivity contribution is 6.99. The highest BCUT2D eigenvalue weighted by Crippen LogP contribution is 2.29. The lowest BCUT2D eigenvalue weighted by molar-refractivity contribution is 0.466. The smallest absolute Gasteiger partial charge is 0.270 e. The summed E-state index contributed by atoms with van der Waals surface area (Å²) in [4.78, 5) is 0. The normalized spacial score (nSPS) is 10.3. The quantitative estimate of drug-likeness (QED) is 0.828. The summed E-state index contributed by atoms with van der Waals surface area (Å²) >= 11 is 12.2. The molecule has 2 rings (SSSR count). The van der Waals surface area contributed by atoms with E-state index in [4.69, 9.17) is 27.9 Å². The molecule has 0 spiro atoms. The highest BCUT2D eigenvalue weighted by atomic mass is 35.5. The fraction of sp³-hybridized carbons (Fsp3) is 0. The molecule has 0 aliphatic carbocycles. The van der Waals surface area contributed by atoms with Gasteiger partial charge in [0.1, 0.15) is 11.6 Å². The molecule has 0 saturated heterocycles. The molecular formula is C8H3Cl2FN2OS. The van der Waals surface area contributed by atoms with Crippen molar-refractivity contribution in [2.75, 3.05) is 0 Å². The summed E-state index contributed by atoms with van der Waals surface area (Å²) in [6.07, 6.45) is 0. The largest absolute Gasteiger partial charge is 0.436 e. The molecule has 0 aliphatic heterocycles. The molecule has 1 aromatic carbocycles. The summed E-state index contributed by atoms with van der Waals surface area (Å²) in [5.41, 5.74) is 0. The zero-order chi connectivity index (χ0) is 10.8. The van der Waals surface area contributed by atoms with Gasteiger partial charge in [-0.3, -0.25) is 0 Å². The van der Waals surface area contributed by atoms with E-state index >= 15 is 0 Å². The molecule has 0 aliphatic rings. The second kappa shape index (κ2) is 4.30. The number of aromatic nitrogens is 2. The van der Waals surface area contributed by atoms with Crippen LogP contribution in [0.1, 0.15) is 0 Å². The third-order valence-electron chi connectivity index (χ3n) is 1.53. The Morgan fingerprint density at radius 3 is 2.67 bits per heavy atom. The van der Waals surface area contributed by atoms with Gasteiger partial charge in [-0.15, -0.1) is 4.37 Å². The standard InChI is InChI=1S/C8H3Cl2FN2OS/c9-5-3-4(1-2-6(5)11)14-8-7(10)12-15-13-8/h1-3H. The molecule has 3 nitrogen and oxygen atoms in total. The van der Waals surface area contributed by atoms with Crippen LogP contribution in [0.15, 0.2) is 18.2 Å². The van der Waals surface area contributed by atoms with Crippen molar-refractivity contribution in [3.8, 4) is 11.6 Å². The fourth-order valence-corrected chi connectivity index (χ4v) is 1.67. The number of rotatable bonds is 2. The number of hydrogen-bond donors (Lipinski definition) is 0. The van der Waals surface area contributed by atoms with Gasteiger partial charge in [0.2, 0.25) is 5.15 Å². The Hall–Kier alpha value is -0.910. The van der Waals surface area contributed by atoms with Crippen LogP contribution in [0.3, 0.4) is 0 Å². The average Bonchev–Trinajstić information content (AvgIpc) is 2.59. The predicted molar refractivity (Wildman–Crippen MR) is 56.4 cm³/mol. The zero-order valence-corrected chi connectivity index (χ0v) is 9.41. The molecule has 0 radical (unpaired) electrons. The summed E-state index contributed by atoms with van der Waals surface area (Å²) < 4.78 is 25.6. The molecule has 7 heteroatoms. The van der Waals surface area contributed by atoms with Crippen molar-refractivity contribution in [1.82, 2.24) is 8.75 Å². The summed E-state index contributed by atoms with van der Waals surface area (Å²) in [6, 6.07) is 3.97. The van der Waals surface area contributed by atoms with Crippen LogP contribution in [-0.4, -0.2) is 8.75 Å². The monoisotopic (exact) mass is 264 g/mol. The molecule has 2 aromatic rings. The van der Waals surface area contributed by atoms with Crippen LogP contribution in [0.25, 0.3) is 0 Å². The Morgan fingerprint density at radius 1 is 1.27 bits per heavy atom. The number of halogens is 3. The van der Waals surface area contributed by atoms with E-state index < -0.39 is 5.82 Å². The molecule has 0 bridgehead atoms. The number of benzene rings is 1. The van der Waals surface area contributed by atoms with Crippen molar-refractivity contribution in [3.63, 3.8) is 0 Å². The van der Waals surface area contributed by atoms with Gasteiger partial charge in [0.15, 0.2) is 0 Å². The maximum absolute atomic E-state index is 12.8. The van der Waals surface area contributed by atoms with E-state index in [2.05, 4.69) is 8.75 Å². The first kappa shape index (κ1) is 10.6. The van der Waals surface area contributed by atoms with E-state index in [1.165, 1.54) is 18.2 Å². The SMILES string of the molecule is Fc1ccc(Oc2nsnc2Cl)cc1Cl. The Bertz CT molecular complexity index is 491. The topological polar surface area (TPSA) is 35.0 Å². The van der Waals surface area contributed by atoms with Gasteiger partial charge in [-0.25, -0.2) is 4.39 Å². The van der Waals surface area contributed by atoms with Gasteiger partial charge in [0.05, 0.1) is 16.8 Å². The summed E-state index contributed by atoms with van der Waals surface area (Å²) in [6.45, 7) is 0. The minimum atomic E-state index is -0.508. The van der Waals surface area contributed by atoms with Crippen LogP contribution in [0.2, 0.25) is 10.2 Å². The molecule has 0 amide bonds. The molecule has 78 valence electrons. The van der Waals surface area contributed by atoms with Crippen molar-refractivity contribution >= 4 is 34.9 Å². The lowest BCUT2D eigenvalue weighted by Crippen LogP contribution is -1.86. The van der Waals surface area contributed by atoms with Crippen molar-refractivity contribution in [3.05, 3.63) is 34.2 Å². The molecule has 0 fully saturated rings. The van der Waals surface area contributed by atoms with Crippen LogP contribution >= 0.6 is 34.9 Å². The summed E-state index contributed by atoms with van der Waals surface area (Å²) in [7, 11) is 0. The molecular weight excluding hydrogens is 262 g/mol. The van der Waals surface area contributed by atoms with E-state index in [-0.39, 0.29) is 16.1 Å². The summed E-state index contributed by atoms with van der Waals surface area (Å²) in [5, 5.41) is 0.146. The first-order valence-electron chi connectivity index (χ1n) is 3.78. The average molecular weight is 265 g/mol. The van der Waals surface area contributed by atoms with Gasteiger partial charge >= 0.3 is 0 Å². The van der Waals surface area contributed by atoms with Gasteiger partial charge < -0.3 is 4.74 Å². The van der Waals surface area contributed by atoms with E-state index in [9.17, 15) is 4.39 Å². The fourth-order valence-electron chi connectivity index (χ4n) is 0.883. The molecule has 0 N–H and O–H groups in total. The van der Waals surface area contributed by atoms with Gasteiger partial charge in [-0.05, 0) is 12.1 Å². The lowest BCUT2D eigenvalue weighted by atomic mass is 10.3. The van der Waals surface area contributed by atoms with Crippen molar-refractivity contribution in [1.29, 1.82) is 0 Å². The lowest BCUT2D eigenvalue weighted by Gasteiger charge is -2.02. The molecule has 1 aromatic heterocycles. The molecule has 1 heterocycles. The van der Waals surface area contributed by atoms with E-state index in [1.807, 2.05) is 0 Å². The number of ether oxygens (including phenoxy) is 1. The van der Waals surface area contributed by atoms with Crippen LogP contribution in [-0.2, 0) is 0 Å². The Balaban J connectivity index is 2.25. The van der Waals surface area contributed by atoms with E-state index in [0.29, 0.717) is 5.75 Å².